The van der Waals surface area contributed by atoms with Gasteiger partial charge in [0.25, 0.3) is 5.56 Å². The molecule has 48 valence electrons. The van der Waals surface area contributed by atoms with Crippen LogP contribution in [0.4, 0.5) is 0 Å². The van der Waals surface area contributed by atoms with Crippen LogP contribution in [-0.2, 0) is 7.05 Å². The number of hydrogen-bond acceptors (Lipinski definition) is 2. The number of aryl methyl sites for hydroxylation is 2. The predicted molar refractivity (Wildman–Crippen MR) is 34.2 cm³/mol. The molecule has 0 radical (unpaired) electrons. The first-order valence-corrected chi connectivity index (χ1v) is 2.46. The Labute approximate surface area is 57.2 Å². The normalized spacial score (nSPS) is 15.9. The standard InChI is InChI=1S/C6H8N2O/c1-5-3-4-7-8(2)6(5)9/h3-4H,1-2H3/i1D3. The van der Waals surface area contributed by atoms with Crippen LogP contribution in [-0.4, -0.2) is 9.78 Å². The summed E-state index contributed by atoms with van der Waals surface area (Å²) in [6, 6.07) is 1.22. The molecule has 0 aromatic carbocycles. The zero-order valence-corrected chi connectivity index (χ0v) is 4.96. The Kier molecular flexibility index (Phi) is 0.704. The molecule has 0 atom stereocenters. The summed E-state index contributed by atoms with van der Waals surface area (Å²) >= 11 is 0. The molecule has 0 aliphatic carbocycles. The van der Waals surface area contributed by atoms with E-state index in [4.69, 9.17) is 4.11 Å². The van der Waals surface area contributed by atoms with Crippen molar-refractivity contribution >= 4 is 0 Å². The fourth-order valence-corrected chi connectivity index (χ4v) is 0.506. The SMILES string of the molecule is [2H]C([2H])([2H])c1ccnn(C)c1=O. The Morgan fingerprint density at radius 1 is 1.89 bits per heavy atom. The minimum absolute atomic E-state index is 0.194. The lowest BCUT2D eigenvalue weighted by Crippen LogP contribution is -2.20. The highest BCUT2D eigenvalue weighted by Gasteiger charge is 1.91. The first kappa shape index (κ1) is 3.15. The van der Waals surface area contributed by atoms with Crippen LogP contribution in [0.15, 0.2) is 17.1 Å². The van der Waals surface area contributed by atoms with Gasteiger partial charge in [-0.1, -0.05) is 0 Å². The van der Waals surface area contributed by atoms with Crippen LogP contribution in [0, 0.1) is 6.85 Å². The predicted octanol–water partition coefficient (Wildman–Crippen LogP) is 0.0887. The molecule has 3 nitrogen and oxygen atoms in total. The molecular weight excluding hydrogens is 116 g/mol. The second-order valence-corrected chi connectivity index (χ2v) is 1.67. The quantitative estimate of drug-likeness (QED) is 0.495. The van der Waals surface area contributed by atoms with Crippen molar-refractivity contribution in [1.82, 2.24) is 9.78 Å². The maximum Gasteiger partial charge on any atom is 0.269 e. The Hall–Kier alpha value is -1.12. The van der Waals surface area contributed by atoms with Crippen molar-refractivity contribution in [1.29, 1.82) is 0 Å². The first-order chi connectivity index (χ1) is 5.43. The summed E-state index contributed by atoms with van der Waals surface area (Å²) < 4.78 is 22.0. The highest BCUT2D eigenvalue weighted by Crippen LogP contribution is 1.80. The van der Waals surface area contributed by atoms with E-state index in [2.05, 4.69) is 5.10 Å². The molecule has 1 aromatic heterocycles. The van der Waals surface area contributed by atoms with Crippen molar-refractivity contribution in [3.8, 4) is 0 Å². The van der Waals surface area contributed by atoms with Gasteiger partial charge in [-0.3, -0.25) is 4.79 Å². The lowest BCUT2D eigenvalue weighted by atomic mass is 10.3. The summed E-state index contributed by atoms with van der Waals surface area (Å²) in [5.74, 6) is 0. The number of nitrogens with zero attached hydrogens (tertiary/aromatic N) is 2. The minimum Gasteiger partial charge on any atom is -0.268 e. The molecular formula is C6H8N2O. The van der Waals surface area contributed by atoms with Gasteiger partial charge in [0, 0.05) is 22.9 Å². The van der Waals surface area contributed by atoms with E-state index in [1.54, 1.807) is 0 Å². The van der Waals surface area contributed by atoms with E-state index in [1.165, 1.54) is 19.3 Å². The van der Waals surface area contributed by atoms with E-state index in [0.29, 0.717) is 0 Å². The van der Waals surface area contributed by atoms with Crippen LogP contribution >= 0.6 is 0 Å². The van der Waals surface area contributed by atoms with E-state index in [0.717, 1.165) is 4.68 Å². The molecule has 0 saturated carbocycles. The van der Waals surface area contributed by atoms with Crippen LogP contribution in [0.2, 0.25) is 0 Å². The topological polar surface area (TPSA) is 34.9 Å². The maximum atomic E-state index is 11.2. The van der Waals surface area contributed by atoms with Gasteiger partial charge in [-0.25, -0.2) is 4.68 Å². The molecule has 0 fully saturated rings. The second-order valence-electron chi connectivity index (χ2n) is 1.67. The van der Waals surface area contributed by atoms with Crippen molar-refractivity contribution in [3.05, 3.63) is 28.2 Å². The van der Waals surface area contributed by atoms with Gasteiger partial charge in [0.05, 0.1) is 0 Å². The van der Waals surface area contributed by atoms with Gasteiger partial charge in [0.1, 0.15) is 0 Å². The molecule has 1 rings (SSSR count). The van der Waals surface area contributed by atoms with E-state index < -0.39 is 12.4 Å². The van der Waals surface area contributed by atoms with Gasteiger partial charge in [-0.15, -0.1) is 0 Å². The van der Waals surface area contributed by atoms with Gasteiger partial charge in [0.15, 0.2) is 0 Å². The van der Waals surface area contributed by atoms with Crippen LogP contribution < -0.4 is 5.56 Å². The molecule has 1 aromatic rings. The average molecular weight is 127 g/mol. The highest BCUT2D eigenvalue weighted by molar-refractivity contribution is 5.02. The van der Waals surface area contributed by atoms with Gasteiger partial charge in [-0.05, 0) is 12.9 Å². The van der Waals surface area contributed by atoms with Crippen molar-refractivity contribution in [2.24, 2.45) is 7.05 Å². The van der Waals surface area contributed by atoms with Gasteiger partial charge in [0.2, 0.25) is 0 Å². The summed E-state index contributed by atoms with van der Waals surface area (Å²) in [5.41, 5.74) is -0.766. The number of hydrogen-bond donors (Lipinski definition) is 0. The van der Waals surface area contributed by atoms with E-state index >= 15 is 0 Å². The third-order valence-corrected chi connectivity index (χ3v) is 1.01. The Morgan fingerprint density at radius 3 is 3.22 bits per heavy atom. The summed E-state index contributed by atoms with van der Waals surface area (Å²) in [7, 11) is 1.41. The van der Waals surface area contributed by atoms with Gasteiger partial charge < -0.3 is 0 Å². The van der Waals surface area contributed by atoms with Crippen LogP contribution in [0.25, 0.3) is 0 Å². The average Bonchev–Trinajstić information content (AvgIpc) is 1.92. The van der Waals surface area contributed by atoms with E-state index in [-0.39, 0.29) is 5.56 Å². The van der Waals surface area contributed by atoms with E-state index in [1.807, 2.05) is 0 Å². The van der Waals surface area contributed by atoms with Crippen molar-refractivity contribution < 1.29 is 4.11 Å². The zero-order chi connectivity index (χ0) is 9.35. The summed E-state index contributed by atoms with van der Waals surface area (Å²) in [5, 5.41) is 3.61. The van der Waals surface area contributed by atoms with Crippen LogP contribution in [0.1, 0.15) is 9.68 Å². The van der Waals surface area contributed by atoms with Crippen LogP contribution in [0.3, 0.4) is 0 Å². The zero-order valence-electron chi connectivity index (χ0n) is 7.96. The van der Waals surface area contributed by atoms with Crippen molar-refractivity contribution in [2.45, 2.75) is 6.85 Å². The molecule has 3 heteroatoms. The molecule has 0 aliphatic rings. The molecule has 0 amide bonds. The minimum atomic E-state index is -2.35. The lowest BCUT2D eigenvalue weighted by molar-refractivity contribution is 0.700. The molecule has 0 spiro atoms. The fourth-order valence-electron chi connectivity index (χ4n) is 0.506. The molecule has 0 saturated heterocycles. The molecule has 0 N–H and O–H groups in total. The van der Waals surface area contributed by atoms with Gasteiger partial charge >= 0.3 is 0 Å². The molecule has 9 heavy (non-hydrogen) atoms. The lowest BCUT2D eigenvalue weighted by Gasteiger charge is -1.93. The summed E-state index contributed by atoms with van der Waals surface area (Å²) in [6.45, 7) is -2.35. The van der Waals surface area contributed by atoms with E-state index in [9.17, 15) is 4.79 Å². The second kappa shape index (κ2) is 2.01. The highest BCUT2D eigenvalue weighted by atomic mass is 16.1. The monoisotopic (exact) mass is 127 g/mol. The third-order valence-electron chi connectivity index (χ3n) is 1.01. The summed E-state index contributed by atoms with van der Waals surface area (Å²) in [6.07, 6.45) is 1.29. The molecule has 0 bridgehead atoms. The number of aromatic nitrogens is 2. The Morgan fingerprint density at radius 2 is 2.67 bits per heavy atom. The smallest absolute Gasteiger partial charge is 0.268 e. The molecule has 1 heterocycles. The van der Waals surface area contributed by atoms with Crippen LogP contribution in [0.5, 0.6) is 0 Å². The summed E-state index contributed by atoms with van der Waals surface area (Å²) in [4.78, 5) is 11.2. The van der Waals surface area contributed by atoms with Gasteiger partial charge in [-0.2, -0.15) is 5.10 Å². The number of rotatable bonds is 0. The van der Waals surface area contributed by atoms with Crippen molar-refractivity contribution in [3.63, 3.8) is 0 Å². The Bertz CT molecular complexity index is 341. The molecule has 0 aliphatic heterocycles. The maximum absolute atomic E-state index is 11.2. The Balaban J connectivity index is 3.37. The largest absolute Gasteiger partial charge is 0.269 e. The van der Waals surface area contributed by atoms with Crippen molar-refractivity contribution in [2.75, 3.05) is 0 Å². The molecule has 0 unspecified atom stereocenters. The third kappa shape index (κ3) is 0.988. The first-order valence-electron chi connectivity index (χ1n) is 3.96. The fraction of sp³-hybridized carbons (Fsp3) is 0.333.